The maximum Gasteiger partial charge on any atom is 0.256 e. The van der Waals surface area contributed by atoms with E-state index in [1.54, 1.807) is 16.7 Å². The second kappa shape index (κ2) is 4.84. The van der Waals surface area contributed by atoms with Gasteiger partial charge in [0.2, 0.25) is 0 Å². The molecule has 1 aromatic rings. The first-order chi connectivity index (χ1) is 7.74. The van der Waals surface area contributed by atoms with E-state index in [1.165, 1.54) is 0 Å². The zero-order valence-corrected chi connectivity index (χ0v) is 10.5. The number of para-hydroxylation sites is 1. The molecule has 0 saturated carbocycles. The number of amides is 1. The van der Waals surface area contributed by atoms with Gasteiger partial charge in [-0.25, -0.2) is 0 Å². The zero-order chi connectivity index (χ0) is 11.5. The fraction of sp³-hybridized carbons (Fsp3) is 0.273. The summed E-state index contributed by atoms with van der Waals surface area (Å²) in [5.41, 5.74) is 0.827. The van der Waals surface area contributed by atoms with Gasteiger partial charge >= 0.3 is 0 Å². The summed E-state index contributed by atoms with van der Waals surface area (Å²) >= 11 is 6.81. The van der Waals surface area contributed by atoms with E-state index in [9.17, 15) is 4.79 Å². The average molecular weight is 252 g/mol. The monoisotopic (exact) mass is 252 g/mol. The number of anilines is 1. The van der Waals surface area contributed by atoms with E-state index in [2.05, 4.69) is 5.32 Å². The molecule has 84 valence electrons. The lowest BCUT2D eigenvalue weighted by Gasteiger charge is -2.14. The molecule has 1 heterocycles. The molecular weight excluding hydrogens is 240 g/mol. The Morgan fingerprint density at radius 1 is 1.44 bits per heavy atom. The van der Waals surface area contributed by atoms with E-state index >= 15 is 0 Å². The molecule has 1 fully saturated rings. The van der Waals surface area contributed by atoms with Crippen LogP contribution in [0.1, 0.15) is 0 Å². The maximum atomic E-state index is 12.1. The predicted octanol–water partition coefficient (Wildman–Crippen LogP) is 1.64. The number of thioether (sulfide) groups is 1. The van der Waals surface area contributed by atoms with Crippen molar-refractivity contribution < 1.29 is 4.79 Å². The molecule has 5 heteroatoms. The van der Waals surface area contributed by atoms with E-state index in [1.807, 2.05) is 36.6 Å². The van der Waals surface area contributed by atoms with Gasteiger partial charge in [0.15, 0.2) is 5.11 Å². The Morgan fingerprint density at radius 2 is 2.12 bits per heavy atom. The van der Waals surface area contributed by atoms with E-state index in [4.69, 9.17) is 12.2 Å². The molecule has 1 aliphatic heterocycles. The molecule has 1 aromatic carbocycles. The Kier molecular flexibility index (Phi) is 3.46. The number of hydrogen-bond acceptors (Lipinski definition) is 3. The summed E-state index contributed by atoms with van der Waals surface area (Å²) in [6.07, 6.45) is 1.98. The van der Waals surface area contributed by atoms with Crippen LogP contribution in [0.25, 0.3) is 0 Å². The molecule has 0 unspecified atom stereocenters. The molecule has 0 bridgehead atoms. The minimum Gasteiger partial charge on any atom is -0.349 e. The summed E-state index contributed by atoms with van der Waals surface area (Å²) in [5.74, 6) is 0.771. The summed E-state index contributed by atoms with van der Waals surface area (Å²) in [6.45, 7) is 0. The van der Waals surface area contributed by atoms with E-state index in [-0.39, 0.29) is 11.9 Å². The Morgan fingerprint density at radius 3 is 2.75 bits per heavy atom. The number of carbonyl (C=O) groups excluding carboxylic acids is 1. The largest absolute Gasteiger partial charge is 0.349 e. The Balaban J connectivity index is 2.23. The van der Waals surface area contributed by atoms with Gasteiger partial charge in [-0.3, -0.25) is 9.69 Å². The quantitative estimate of drug-likeness (QED) is 0.829. The lowest BCUT2D eigenvalue weighted by Crippen LogP contribution is -2.32. The molecule has 1 saturated heterocycles. The SMILES string of the molecule is CSC[C@@H]1NC(=S)N(c2ccccc2)C1=O. The minimum atomic E-state index is -0.192. The van der Waals surface area contributed by atoms with Gasteiger partial charge in [0.1, 0.15) is 6.04 Å². The standard InChI is InChI=1S/C11H12N2OS2/c1-16-7-9-10(14)13(11(15)12-9)8-5-3-2-4-6-8/h2-6,9H,7H2,1H3,(H,12,15)/t9-/m0/s1. The number of rotatable bonds is 3. The van der Waals surface area contributed by atoms with Crippen LogP contribution >= 0.6 is 24.0 Å². The Hall–Kier alpha value is -1.07. The van der Waals surface area contributed by atoms with Crippen LogP contribution in [0.4, 0.5) is 5.69 Å². The van der Waals surface area contributed by atoms with Crippen LogP contribution in [0.5, 0.6) is 0 Å². The highest BCUT2D eigenvalue weighted by atomic mass is 32.2. The average Bonchev–Trinajstić information content (AvgIpc) is 2.56. The van der Waals surface area contributed by atoms with Gasteiger partial charge in [0.25, 0.3) is 5.91 Å². The first-order valence-electron chi connectivity index (χ1n) is 4.92. The highest BCUT2D eigenvalue weighted by Crippen LogP contribution is 2.20. The molecule has 0 aliphatic carbocycles. The highest BCUT2D eigenvalue weighted by molar-refractivity contribution is 7.98. The third-order valence-corrected chi connectivity index (χ3v) is 3.33. The molecule has 3 nitrogen and oxygen atoms in total. The van der Waals surface area contributed by atoms with Gasteiger partial charge in [-0.1, -0.05) is 18.2 Å². The van der Waals surface area contributed by atoms with Gasteiger partial charge < -0.3 is 5.32 Å². The number of benzene rings is 1. The van der Waals surface area contributed by atoms with Crippen molar-refractivity contribution in [1.29, 1.82) is 0 Å². The van der Waals surface area contributed by atoms with Crippen molar-refractivity contribution in [3.63, 3.8) is 0 Å². The summed E-state index contributed by atoms with van der Waals surface area (Å²) in [4.78, 5) is 13.6. The maximum absolute atomic E-state index is 12.1. The van der Waals surface area contributed by atoms with Crippen LogP contribution in [0, 0.1) is 0 Å². The summed E-state index contributed by atoms with van der Waals surface area (Å²) in [7, 11) is 0. The smallest absolute Gasteiger partial charge is 0.256 e. The molecule has 16 heavy (non-hydrogen) atoms. The number of carbonyl (C=O) groups is 1. The second-order valence-electron chi connectivity index (χ2n) is 3.47. The van der Waals surface area contributed by atoms with Gasteiger partial charge in [0.05, 0.1) is 5.69 Å². The fourth-order valence-corrected chi connectivity index (χ4v) is 2.53. The summed E-state index contributed by atoms with van der Waals surface area (Å²) in [5, 5.41) is 3.54. The summed E-state index contributed by atoms with van der Waals surface area (Å²) < 4.78 is 0. The van der Waals surface area contributed by atoms with Gasteiger partial charge in [0, 0.05) is 5.75 Å². The topological polar surface area (TPSA) is 32.3 Å². The molecule has 2 rings (SSSR count). The van der Waals surface area contributed by atoms with Crippen LogP contribution in [0.3, 0.4) is 0 Å². The molecule has 1 aliphatic rings. The third kappa shape index (κ3) is 2.05. The number of thiocarbonyl (C=S) groups is 1. The lowest BCUT2D eigenvalue weighted by atomic mass is 10.3. The number of nitrogens with zero attached hydrogens (tertiary/aromatic N) is 1. The fourth-order valence-electron chi connectivity index (χ4n) is 1.63. The van der Waals surface area contributed by atoms with Crippen molar-refractivity contribution in [2.45, 2.75) is 6.04 Å². The minimum absolute atomic E-state index is 0.0329. The lowest BCUT2D eigenvalue weighted by molar-refractivity contribution is -0.117. The van der Waals surface area contributed by atoms with Crippen molar-refractivity contribution in [3.05, 3.63) is 30.3 Å². The first-order valence-corrected chi connectivity index (χ1v) is 6.72. The normalized spacial score (nSPS) is 20.1. The van der Waals surface area contributed by atoms with Crippen LogP contribution in [0.2, 0.25) is 0 Å². The van der Waals surface area contributed by atoms with Gasteiger partial charge in [-0.15, -0.1) is 0 Å². The predicted molar refractivity (Wildman–Crippen MR) is 71.8 cm³/mol. The second-order valence-corrected chi connectivity index (χ2v) is 4.76. The van der Waals surface area contributed by atoms with Crippen molar-refractivity contribution in [3.8, 4) is 0 Å². The van der Waals surface area contributed by atoms with E-state index < -0.39 is 0 Å². The van der Waals surface area contributed by atoms with Crippen LogP contribution in [-0.2, 0) is 4.79 Å². The van der Waals surface area contributed by atoms with Gasteiger partial charge in [-0.05, 0) is 30.6 Å². The van der Waals surface area contributed by atoms with Crippen LogP contribution in [0.15, 0.2) is 30.3 Å². The Bertz CT molecular complexity index is 408. The van der Waals surface area contributed by atoms with Crippen molar-refractivity contribution >= 4 is 40.7 Å². The molecule has 1 atom stereocenters. The number of nitrogens with one attached hydrogen (secondary N) is 1. The van der Waals surface area contributed by atoms with E-state index in [0.717, 1.165) is 11.4 Å². The zero-order valence-electron chi connectivity index (χ0n) is 8.84. The van der Waals surface area contributed by atoms with Crippen LogP contribution < -0.4 is 10.2 Å². The van der Waals surface area contributed by atoms with Crippen molar-refractivity contribution in [2.24, 2.45) is 0 Å². The molecular formula is C11H12N2OS2. The third-order valence-electron chi connectivity index (χ3n) is 2.37. The molecule has 0 aromatic heterocycles. The Labute approximate surface area is 104 Å². The first kappa shape index (κ1) is 11.4. The van der Waals surface area contributed by atoms with Crippen molar-refractivity contribution in [1.82, 2.24) is 5.32 Å². The molecule has 0 radical (unpaired) electrons. The molecule has 0 spiro atoms. The number of hydrogen-bond donors (Lipinski definition) is 1. The molecule has 1 amide bonds. The highest BCUT2D eigenvalue weighted by Gasteiger charge is 2.35. The molecule has 1 N–H and O–H groups in total. The van der Waals surface area contributed by atoms with Crippen LogP contribution in [-0.4, -0.2) is 29.1 Å². The summed E-state index contributed by atoms with van der Waals surface area (Å²) in [6, 6.07) is 9.28. The van der Waals surface area contributed by atoms with Crippen molar-refractivity contribution in [2.75, 3.05) is 16.9 Å². The van der Waals surface area contributed by atoms with E-state index in [0.29, 0.717) is 5.11 Å². The van der Waals surface area contributed by atoms with Gasteiger partial charge in [-0.2, -0.15) is 11.8 Å².